The lowest BCUT2D eigenvalue weighted by molar-refractivity contribution is 0.0911. The third-order valence-electron chi connectivity index (χ3n) is 3.74. The number of aliphatic hydroxyl groups is 1. The summed E-state index contributed by atoms with van der Waals surface area (Å²) >= 11 is 2.91. The van der Waals surface area contributed by atoms with Crippen molar-refractivity contribution in [3.63, 3.8) is 0 Å². The predicted octanol–water partition coefficient (Wildman–Crippen LogP) is 2.51. The van der Waals surface area contributed by atoms with E-state index in [0.29, 0.717) is 18.9 Å². The average Bonchev–Trinajstić information content (AvgIpc) is 2.37. The maximum absolute atomic E-state index is 13.9. The summed E-state index contributed by atoms with van der Waals surface area (Å²) in [5, 5.41) is 9.52. The molecule has 118 valence electrons. The lowest BCUT2D eigenvalue weighted by Gasteiger charge is -2.32. The predicted molar refractivity (Wildman–Crippen MR) is 77.2 cm³/mol. The summed E-state index contributed by atoms with van der Waals surface area (Å²) in [4.78, 5) is -0.542. The summed E-state index contributed by atoms with van der Waals surface area (Å²) in [6.07, 6.45) is 0.526. The molecular formula is C13H16BrF2NO3S. The van der Waals surface area contributed by atoms with Crippen molar-refractivity contribution in [1.29, 1.82) is 0 Å². The first-order chi connectivity index (χ1) is 9.73. The first-order valence-electron chi connectivity index (χ1n) is 6.56. The molecule has 0 bridgehead atoms. The fourth-order valence-electron chi connectivity index (χ4n) is 2.50. The Kier molecular flexibility index (Phi) is 5.02. The number of hydrogen-bond acceptors (Lipinski definition) is 3. The van der Waals surface area contributed by atoms with E-state index in [2.05, 4.69) is 15.9 Å². The minimum absolute atomic E-state index is 0.0398. The molecule has 8 heteroatoms. The molecule has 0 aliphatic carbocycles. The van der Waals surface area contributed by atoms with Gasteiger partial charge in [0.05, 0.1) is 6.10 Å². The first kappa shape index (κ1) is 16.8. The van der Waals surface area contributed by atoms with Gasteiger partial charge in [-0.2, -0.15) is 4.31 Å². The minimum Gasteiger partial charge on any atom is -0.393 e. The quantitative estimate of drug-likeness (QED) is 0.872. The van der Waals surface area contributed by atoms with Gasteiger partial charge in [-0.25, -0.2) is 17.2 Å². The van der Waals surface area contributed by atoms with E-state index in [0.717, 1.165) is 6.07 Å². The highest BCUT2D eigenvalue weighted by Gasteiger charge is 2.34. The normalized spacial score (nSPS) is 19.7. The zero-order chi connectivity index (χ0) is 15.8. The molecule has 4 nitrogen and oxygen atoms in total. The van der Waals surface area contributed by atoms with Crippen LogP contribution in [0.4, 0.5) is 8.78 Å². The molecule has 1 fully saturated rings. The van der Waals surface area contributed by atoms with Gasteiger partial charge in [-0.05, 0) is 47.7 Å². The Hall–Kier alpha value is -0.570. The van der Waals surface area contributed by atoms with E-state index in [1.807, 2.05) is 0 Å². The molecule has 0 saturated carbocycles. The fraction of sp³-hybridized carbons (Fsp3) is 0.538. The van der Waals surface area contributed by atoms with Crippen LogP contribution < -0.4 is 0 Å². The van der Waals surface area contributed by atoms with Gasteiger partial charge in [0.25, 0.3) is 0 Å². The van der Waals surface area contributed by atoms with E-state index in [4.69, 9.17) is 0 Å². The van der Waals surface area contributed by atoms with Crippen LogP contribution in [-0.2, 0) is 10.0 Å². The SMILES string of the molecule is CC(O)C1CCN(S(=O)(=O)c2c(F)cc(F)cc2Br)CC1. The third-order valence-corrected chi connectivity index (χ3v) is 6.61. The third kappa shape index (κ3) is 3.44. The molecule has 1 N–H and O–H groups in total. The van der Waals surface area contributed by atoms with Crippen LogP contribution in [0.2, 0.25) is 0 Å². The van der Waals surface area contributed by atoms with Crippen molar-refractivity contribution in [2.75, 3.05) is 13.1 Å². The van der Waals surface area contributed by atoms with E-state index >= 15 is 0 Å². The Morgan fingerprint density at radius 2 is 1.90 bits per heavy atom. The summed E-state index contributed by atoms with van der Waals surface area (Å²) in [5.41, 5.74) is 0. The van der Waals surface area contributed by atoms with Crippen molar-refractivity contribution in [2.24, 2.45) is 5.92 Å². The maximum atomic E-state index is 13.9. The number of hydrogen-bond donors (Lipinski definition) is 1. The van der Waals surface area contributed by atoms with Gasteiger partial charge < -0.3 is 5.11 Å². The molecule has 1 saturated heterocycles. The number of nitrogens with zero attached hydrogens (tertiary/aromatic N) is 1. The second-order valence-corrected chi connectivity index (χ2v) is 7.91. The molecule has 1 atom stereocenters. The molecule has 0 spiro atoms. The van der Waals surface area contributed by atoms with Crippen molar-refractivity contribution in [3.8, 4) is 0 Å². The molecule has 1 heterocycles. The number of aliphatic hydroxyl groups excluding tert-OH is 1. The van der Waals surface area contributed by atoms with Crippen LogP contribution >= 0.6 is 15.9 Å². The van der Waals surface area contributed by atoms with Gasteiger partial charge in [0.1, 0.15) is 16.5 Å². The maximum Gasteiger partial charge on any atom is 0.247 e. The Morgan fingerprint density at radius 1 is 1.33 bits per heavy atom. The number of halogens is 3. The van der Waals surface area contributed by atoms with E-state index < -0.39 is 32.7 Å². The molecule has 1 aliphatic heterocycles. The summed E-state index contributed by atoms with van der Waals surface area (Å²) in [6, 6.07) is 1.48. The molecule has 2 rings (SSSR count). The van der Waals surface area contributed by atoms with Gasteiger partial charge >= 0.3 is 0 Å². The van der Waals surface area contributed by atoms with Crippen molar-refractivity contribution < 1.29 is 22.3 Å². The van der Waals surface area contributed by atoms with Gasteiger partial charge in [-0.3, -0.25) is 0 Å². The summed E-state index contributed by atoms with van der Waals surface area (Å²) in [6.45, 7) is 2.09. The molecule has 21 heavy (non-hydrogen) atoms. The highest BCUT2D eigenvalue weighted by atomic mass is 79.9. The van der Waals surface area contributed by atoms with E-state index in [9.17, 15) is 22.3 Å². The Labute approximate surface area is 130 Å². The van der Waals surface area contributed by atoms with Gasteiger partial charge in [-0.1, -0.05) is 0 Å². The van der Waals surface area contributed by atoms with Crippen molar-refractivity contribution >= 4 is 26.0 Å². The van der Waals surface area contributed by atoms with Gasteiger partial charge in [-0.15, -0.1) is 0 Å². The van der Waals surface area contributed by atoms with Gasteiger partial charge in [0.2, 0.25) is 10.0 Å². The van der Waals surface area contributed by atoms with Crippen molar-refractivity contribution in [2.45, 2.75) is 30.8 Å². The Morgan fingerprint density at radius 3 is 2.38 bits per heavy atom. The molecule has 0 radical (unpaired) electrons. The lowest BCUT2D eigenvalue weighted by Crippen LogP contribution is -2.41. The second-order valence-electron chi connectivity index (χ2n) is 5.18. The van der Waals surface area contributed by atoms with Crippen LogP contribution in [0.1, 0.15) is 19.8 Å². The average molecular weight is 384 g/mol. The number of rotatable bonds is 3. The van der Waals surface area contributed by atoms with Crippen molar-refractivity contribution in [1.82, 2.24) is 4.31 Å². The molecule has 1 aromatic carbocycles. The summed E-state index contributed by atoms with van der Waals surface area (Å²) in [5.74, 6) is -1.91. The molecule has 1 aromatic rings. The largest absolute Gasteiger partial charge is 0.393 e. The van der Waals surface area contributed by atoms with Crippen LogP contribution in [-0.4, -0.2) is 37.0 Å². The van der Waals surface area contributed by atoms with Crippen LogP contribution in [0.5, 0.6) is 0 Å². The number of benzene rings is 1. The smallest absolute Gasteiger partial charge is 0.247 e. The summed E-state index contributed by atoms with van der Waals surface area (Å²) in [7, 11) is -4.03. The molecule has 1 unspecified atom stereocenters. The van der Waals surface area contributed by atoms with Gasteiger partial charge in [0.15, 0.2) is 0 Å². The van der Waals surface area contributed by atoms with Crippen molar-refractivity contribution in [3.05, 3.63) is 28.2 Å². The standard InChI is InChI=1S/C13H16BrF2NO3S/c1-8(18)9-2-4-17(5-3-9)21(19,20)13-11(14)6-10(15)7-12(13)16/h6-9,18H,2-5H2,1H3. The van der Waals surface area contributed by atoms with Gasteiger partial charge in [0, 0.05) is 23.6 Å². The number of piperidine rings is 1. The van der Waals surface area contributed by atoms with Crippen LogP contribution in [0.3, 0.4) is 0 Å². The fourth-order valence-corrected chi connectivity index (χ4v) is 5.09. The second kappa shape index (κ2) is 6.28. The van der Waals surface area contributed by atoms with Crippen LogP contribution in [0.25, 0.3) is 0 Å². The number of sulfonamides is 1. The molecular weight excluding hydrogens is 368 g/mol. The first-order valence-corrected chi connectivity index (χ1v) is 8.79. The van der Waals surface area contributed by atoms with E-state index in [-0.39, 0.29) is 23.5 Å². The van der Waals surface area contributed by atoms with Crippen LogP contribution in [0, 0.1) is 17.6 Å². The zero-order valence-electron chi connectivity index (χ0n) is 11.4. The molecule has 0 aromatic heterocycles. The molecule has 1 aliphatic rings. The zero-order valence-corrected chi connectivity index (χ0v) is 13.8. The van der Waals surface area contributed by atoms with E-state index in [1.165, 1.54) is 4.31 Å². The minimum atomic E-state index is -4.03. The molecule has 0 amide bonds. The Bertz CT molecular complexity index is 605. The topological polar surface area (TPSA) is 57.6 Å². The monoisotopic (exact) mass is 383 g/mol. The highest BCUT2D eigenvalue weighted by molar-refractivity contribution is 9.10. The van der Waals surface area contributed by atoms with Crippen LogP contribution in [0.15, 0.2) is 21.5 Å². The summed E-state index contributed by atoms with van der Waals surface area (Å²) < 4.78 is 52.9. The highest BCUT2D eigenvalue weighted by Crippen LogP contribution is 2.31. The van der Waals surface area contributed by atoms with E-state index in [1.54, 1.807) is 6.92 Å². The lowest BCUT2D eigenvalue weighted by atomic mass is 9.93. The Balaban J connectivity index is 2.28.